The first kappa shape index (κ1) is 11.3. The fraction of sp³-hybridized carbons (Fsp3) is 0.250. The SMILES string of the molecule is CCN(Cc1ccccn1)C(=O)c1cn[nH]c1. The Morgan fingerprint density at radius 3 is 2.94 bits per heavy atom. The molecule has 0 unspecified atom stereocenters. The summed E-state index contributed by atoms with van der Waals surface area (Å²) in [6.07, 6.45) is 4.86. The molecule has 0 radical (unpaired) electrons. The Hall–Kier alpha value is -2.17. The largest absolute Gasteiger partial charge is 0.333 e. The van der Waals surface area contributed by atoms with Gasteiger partial charge in [-0.15, -0.1) is 0 Å². The Labute approximate surface area is 99.5 Å². The summed E-state index contributed by atoms with van der Waals surface area (Å²) in [5.74, 6) is -0.0353. The van der Waals surface area contributed by atoms with Gasteiger partial charge >= 0.3 is 0 Å². The molecule has 1 amide bonds. The highest BCUT2D eigenvalue weighted by Gasteiger charge is 2.15. The van der Waals surface area contributed by atoms with Gasteiger partial charge in [-0.05, 0) is 19.1 Å². The van der Waals surface area contributed by atoms with Crippen molar-refractivity contribution >= 4 is 5.91 Å². The van der Waals surface area contributed by atoms with Crippen LogP contribution in [0.2, 0.25) is 0 Å². The Morgan fingerprint density at radius 1 is 1.47 bits per heavy atom. The molecule has 0 bridgehead atoms. The van der Waals surface area contributed by atoms with Crippen LogP contribution >= 0.6 is 0 Å². The number of hydrogen-bond acceptors (Lipinski definition) is 3. The average Bonchev–Trinajstić information content (AvgIpc) is 2.90. The molecule has 2 heterocycles. The van der Waals surface area contributed by atoms with Crippen molar-refractivity contribution in [3.63, 3.8) is 0 Å². The van der Waals surface area contributed by atoms with E-state index in [0.717, 1.165) is 5.69 Å². The van der Waals surface area contributed by atoms with Crippen molar-refractivity contribution in [3.05, 3.63) is 48.0 Å². The van der Waals surface area contributed by atoms with Gasteiger partial charge in [0.15, 0.2) is 0 Å². The fourth-order valence-electron chi connectivity index (χ4n) is 1.56. The Morgan fingerprint density at radius 2 is 2.35 bits per heavy atom. The molecule has 0 aliphatic rings. The number of rotatable bonds is 4. The molecule has 0 saturated heterocycles. The summed E-state index contributed by atoms with van der Waals surface area (Å²) >= 11 is 0. The number of hydrogen-bond donors (Lipinski definition) is 1. The maximum atomic E-state index is 12.1. The lowest BCUT2D eigenvalue weighted by atomic mass is 10.2. The summed E-state index contributed by atoms with van der Waals surface area (Å²) in [6.45, 7) is 3.10. The fourth-order valence-corrected chi connectivity index (χ4v) is 1.56. The smallest absolute Gasteiger partial charge is 0.257 e. The number of nitrogens with zero attached hydrogens (tertiary/aromatic N) is 3. The van der Waals surface area contributed by atoms with Crippen LogP contribution in [0, 0.1) is 0 Å². The minimum Gasteiger partial charge on any atom is -0.333 e. The number of carbonyl (C=O) groups is 1. The predicted octanol–water partition coefficient (Wildman–Crippen LogP) is 1.47. The van der Waals surface area contributed by atoms with Crippen molar-refractivity contribution in [2.45, 2.75) is 13.5 Å². The molecule has 1 N–H and O–H groups in total. The third-order valence-corrected chi connectivity index (χ3v) is 2.49. The van der Waals surface area contributed by atoms with E-state index in [1.54, 1.807) is 17.3 Å². The first-order valence-corrected chi connectivity index (χ1v) is 5.49. The van der Waals surface area contributed by atoms with E-state index < -0.39 is 0 Å². The molecule has 5 heteroatoms. The van der Waals surface area contributed by atoms with Gasteiger partial charge in [0, 0.05) is 18.9 Å². The number of pyridine rings is 1. The van der Waals surface area contributed by atoms with Gasteiger partial charge < -0.3 is 4.90 Å². The molecule has 0 aliphatic carbocycles. The van der Waals surface area contributed by atoms with Crippen LogP contribution in [-0.4, -0.2) is 32.5 Å². The Kier molecular flexibility index (Phi) is 3.49. The van der Waals surface area contributed by atoms with Crippen molar-refractivity contribution in [2.75, 3.05) is 6.54 Å². The zero-order chi connectivity index (χ0) is 12.1. The van der Waals surface area contributed by atoms with Gasteiger partial charge in [-0.1, -0.05) is 6.07 Å². The zero-order valence-corrected chi connectivity index (χ0v) is 9.63. The van der Waals surface area contributed by atoms with E-state index >= 15 is 0 Å². The van der Waals surface area contributed by atoms with E-state index in [1.165, 1.54) is 6.20 Å². The molecule has 2 aromatic rings. The number of carbonyl (C=O) groups excluding carboxylic acids is 1. The number of amides is 1. The minimum absolute atomic E-state index is 0.0353. The van der Waals surface area contributed by atoms with Crippen LogP contribution in [-0.2, 0) is 6.54 Å². The van der Waals surface area contributed by atoms with Crippen LogP contribution in [0.5, 0.6) is 0 Å². The summed E-state index contributed by atoms with van der Waals surface area (Å²) in [5.41, 5.74) is 1.45. The molecule has 2 aromatic heterocycles. The van der Waals surface area contributed by atoms with Gasteiger partial charge in [0.05, 0.1) is 24.0 Å². The average molecular weight is 230 g/mol. The summed E-state index contributed by atoms with van der Waals surface area (Å²) in [5, 5.41) is 6.42. The summed E-state index contributed by atoms with van der Waals surface area (Å²) < 4.78 is 0. The van der Waals surface area contributed by atoms with Crippen LogP contribution in [0.1, 0.15) is 23.0 Å². The van der Waals surface area contributed by atoms with Crippen LogP contribution in [0.3, 0.4) is 0 Å². The molecule has 0 aliphatic heterocycles. The lowest BCUT2D eigenvalue weighted by Gasteiger charge is -2.19. The Balaban J connectivity index is 2.10. The third-order valence-electron chi connectivity index (χ3n) is 2.49. The number of H-pyrrole nitrogens is 1. The highest BCUT2D eigenvalue weighted by molar-refractivity contribution is 5.93. The molecular weight excluding hydrogens is 216 g/mol. The normalized spacial score (nSPS) is 10.2. The van der Waals surface area contributed by atoms with E-state index in [2.05, 4.69) is 15.2 Å². The van der Waals surface area contributed by atoms with Crippen LogP contribution in [0.15, 0.2) is 36.8 Å². The molecule has 0 fully saturated rings. The van der Waals surface area contributed by atoms with Crippen LogP contribution < -0.4 is 0 Å². The second kappa shape index (κ2) is 5.25. The lowest BCUT2D eigenvalue weighted by molar-refractivity contribution is 0.0750. The van der Waals surface area contributed by atoms with Crippen molar-refractivity contribution in [3.8, 4) is 0 Å². The topological polar surface area (TPSA) is 61.9 Å². The van der Waals surface area contributed by atoms with E-state index in [0.29, 0.717) is 18.7 Å². The molecule has 0 spiro atoms. The van der Waals surface area contributed by atoms with Crippen LogP contribution in [0.25, 0.3) is 0 Å². The molecule has 0 atom stereocenters. The van der Waals surface area contributed by atoms with Crippen molar-refractivity contribution in [2.24, 2.45) is 0 Å². The van der Waals surface area contributed by atoms with Gasteiger partial charge in [0.2, 0.25) is 0 Å². The molecule has 2 rings (SSSR count). The van der Waals surface area contributed by atoms with E-state index in [4.69, 9.17) is 0 Å². The highest BCUT2D eigenvalue weighted by atomic mass is 16.2. The van der Waals surface area contributed by atoms with Gasteiger partial charge in [-0.25, -0.2) is 0 Å². The molecule has 17 heavy (non-hydrogen) atoms. The van der Waals surface area contributed by atoms with E-state index in [9.17, 15) is 4.79 Å². The predicted molar refractivity (Wildman–Crippen MR) is 63.2 cm³/mol. The maximum absolute atomic E-state index is 12.1. The van der Waals surface area contributed by atoms with Crippen molar-refractivity contribution in [1.29, 1.82) is 0 Å². The second-order valence-electron chi connectivity index (χ2n) is 3.63. The third kappa shape index (κ3) is 2.69. The van der Waals surface area contributed by atoms with E-state index in [1.807, 2.05) is 25.1 Å². The zero-order valence-electron chi connectivity index (χ0n) is 9.63. The summed E-state index contributed by atoms with van der Waals surface area (Å²) in [6, 6.07) is 5.68. The van der Waals surface area contributed by atoms with Gasteiger partial charge in [-0.3, -0.25) is 14.9 Å². The molecule has 5 nitrogen and oxygen atoms in total. The lowest BCUT2D eigenvalue weighted by Crippen LogP contribution is -2.30. The molecular formula is C12H14N4O. The van der Waals surface area contributed by atoms with Crippen molar-refractivity contribution in [1.82, 2.24) is 20.1 Å². The quantitative estimate of drug-likeness (QED) is 0.865. The van der Waals surface area contributed by atoms with E-state index in [-0.39, 0.29) is 5.91 Å². The van der Waals surface area contributed by atoms with Gasteiger partial charge in [0.25, 0.3) is 5.91 Å². The van der Waals surface area contributed by atoms with Crippen molar-refractivity contribution < 1.29 is 4.79 Å². The number of aromatic amines is 1. The Bertz CT molecular complexity index is 467. The number of nitrogens with one attached hydrogen (secondary N) is 1. The standard InChI is InChI=1S/C12H14N4O/c1-2-16(9-11-5-3-4-6-13-11)12(17)10-7-14-15-8-10/h3-8H,2,9H2,1H3,(H,14,15). The minimum atomic E-state index is -0.0353. The molecule has 88 valence electrons. The monoisotopic (exact) mass is 230 g/mol. The summed E-state index contributed by atoms with van der Waals surface area (Å²) in [7, 11) is 0. The first-order valence-electron chi connectivity index (χ1n) is 5.49. The first-order chi connectivity index (χ1) is 8.31. The highest BCUT2D eigenvalue weighted by Crippen LogP contribution is 2.06. The second-order valence-corrected chi connectivity index (χ2v) is 3.63. The van der Waals surface area contributed by atoms with Gasteiger partial charge in [0.1, 0.15) is 0 Å². The van der Waals surface area contributed by atoms with Gasteiger partial charge in [-0.2, -0.15) is 5.10 Å². The van der Waals surface area contributed by atoms with Crippen LogP contribution in [0.4, 0.5) is 0 Å². The molecule has 0 aromatic carbocycles. The summed E-state index contributed by atoms with van der Waals surface area (Å²) in [4.78, 5) is 18.0. The molecule has 0 saturated carbocycles. The maximum Gasteiger partial charge on any atom is 0.257 e. The number of aromatic nitrogens is 3.